The summed E-state index contributed by atoms with van der Waals surface area (Å²) in [6, 6.07) is 21.5. The van der Waals surface area contributed by atoms with Crippen LogP contribution in [0, 0.1) is 12.7 Å². The van der Waals surface area contributed by atoms with Crippen molar-refractivity contribution in [3.63, 3.8) is 0 Å². The van der Waals surface area contributed by atoms with Crippen molar-refractivity contribution in [2.24, 2.45) is 0 Å². The minimum atomic E-state index is -0.316. The minimum absolute atomic E-state index is 0.172. The summed E-state index contributed by atoms with van der Waals surface area (Å²) in [5.74, 6) is 0.183. The largest absolute Gasteiger partial charge is 0.317 e. The van der Waals surface area contributed by atoms with Gasteiger partial charge in [0.1, 0.15) is 5.82 Å². The summed E-state index contributed by atoms with van der Waals surface area (Å²) in [7, 11) is 0. The molecule has 0 aliphatic rings. The van der Waals surface area contributed by atoms with Gasteiger partial charge in [-0.15, -0.1) is 0 Å². The van der Waals surface area contributed by atoms with Crippen molar-refractivity contribution in [1.29, 1.82) is 0 Å². The van der Waals surface area contributed by atoms with Gasteiger partial charge in [-0.3, -0.25) is 4.79 Å². The normalized spacial score (nSPS) is 10.9. The summed E-state index contributed by atoms with van der Waals surface area (Å²) >= 11 is 0. The molecule has 0 saturated carbocycles. The Labute approximate surface area is 155 Å². The maximum atomic E-state index is 14.0. The second-order valence-corrected chi connectivity index (χ2v) is 6.39. The van der Waals surface area contributed by atoms with Gasteiger partial charge < -0.3 is 5.43 Å². The second kappa shape index (κ2) is 7.03. The molecular weight excluding hydrogens is 341 g/mol. The number of benzene rings is 3. The predicted octanol–water partition coefficient (Wildman–Crippen LogP) is 4.25. The van der Waals surface area contributed by atoms with E-state index in [0.717, 1.165) is 11.1 Å². The predicted molar refractivity (Wildman–Crippen MR) is 106 cm³/mol. The standard InChI is InChI=1S/C22H18FN3O/c1-15-7-6-9-16(13-15)21-25-20-12-5-3-10-18(20)22(27)26(21)24-14-17-8-2-4-11-19(17)23/h2-13,24H,14H2,1H3. The molecule has 5 heteroatoms. The zero-order valence-corrected chi connectivity index (χ0v) is 14.8. The quantitative estimate of drug-likeness (QED) is 0.592. The minimum Gasteiger partial charge on any atom is -0.317 e. The lowest BCUT2D eigenvalue weighted by Gasteiger charge is -2.16. The van der Waals surface area contributed by atoms with E-state index in [1.807, 2.05) is 43.3 Å². The van der Waals surface area contributed by atoms with E-state index in [-0.39, 0.29) is 17.9 Å². The van der Waals surface area contributed by atoms with E-state index in [4.69, 9.17) is 0 Å². The lowest BCUT2D eigenvalue weighted by Crippen LogP contribution is -2.31. The summed E-state index contributed by atoms with van der Waals surface area (Å²) in [6.07, 6.45) is 0. The van der Waals surface area contributed by atoms with Gasteiger partial charge >= 0.3 is 0 Å². The number of nitrogens with zero attached hydrogens (tertiary/aromatic N) is 2. The van der Waals surface area contributed by atoms with E-state index in [1.165, 1.54) is 10.7 Å². The van der Waals surface area contributed by atoms with Crippen LogP contribution in [0.1, 0.15) is 11.1 Å². The first-order chi connectivity index (χ1) is 13.1. The van der Waals surface area contributed by atoms with Crippen LogP contribution in [0.15, 0.2) is 77.6 Å². The van der Waals surface area contributed by atoms with Crippen molar-refractivity contribution >= 4 is 10.9 Å². The molecule has 0 saturated heterocycles. The van der Waals surface area contributed by atoms with E-state index in [0.29, 0.717) is 22.3 Å². The third kappa shape index (κ3) is 3.31. The topological polar surface area (TPSA) is 46.9 Å². The van der Waals surface area contributed by atoms with Crippen molar-refractivity contribution in [2.75, 3.05) is 5.43 Å². The Balaban J connectivity index is 1.86. The van der Waals surface area contributed by atoms with E-state index >= 15 is 0 Å². The molecule has 0 spiro atoms. The number of aromatic nitrogens is 2. The SMILES string of the molecule is Cc1cccc(-c2nc3ccccc3c(=O)n2NCc2ccccc2F)c1. The molecule has 0 aliphatic carbocycles. The van der Waals surface area contributed by atoms with Gasteiger partial charge in [0, 0.05) is 11.1 Å². The highest BCUT2D eigenvalue weighted by atomic mass is 19.1. The van der Waals surface area contributed by atoms with Gasteiger partial charge in [-0.25, -0.2) is 14.1 Å². The fourth-order valence-electron chi connectivity index (χ4n) is 3.06. The van der Waals surface area contributed by atoms with Crippen LogP contribution < -0.4 is 11.0 Å². The molecule has 0 unspecified atom stereocenters. The first kappa shape index (κ1) is 17.0. The average Bonchev–Trinajstić information content (AvgIpc) is 2.68. The van der Waals surface area contributed by atoms with E-state index in [2.05, 4.69) is 10.4 Å². The summed E-state index contributed by atoms with van der Waals surface area (Å²) in [5.41, 5.74) is 5.83. The Bertz CT molecular complexity index is 1180. The molecule has 0 atom stereocenters. The Hall–Kier alpha value is -3.47. The molecule has 27 heavy (non-hydrogen) atoms. The third-order valence-corrected chi connectivity index (χ3v) is 4.44. The van der Waals surface area contributed by atoms with Crippen LogP contribution in [0.5, 0.6) is 0 Å². The van der Waals surface area contributed by atoms with Crippen molar-refractivity contribution in [3.05, 3.63) is 100 Å². The molecule has 4 aromatic rings. The fourth-order valence-corrected chi connectivity index (χ4v) is 3.06. The van der Waals surface area contributed by atoms with Crippen LogP contribution >= 0.6 is 0 Å². The number of aryl methyl sites for hydroxylation is 1. The maximum Gasteiger partial charge on any atom is 0.280 e. The van der Waals surface area contributed by atoms with Crippen LogP contribution in [0.4, 0.5) is 4.39 Å². The molecule has 0 fully saturated rings. The van der Waals surface area contributed by atoms with Crippen LogP contribution in [-0.4, -0.2) is 9.66 Å². The van der Waals surface area contributed by atoms with Gasteiger partial charge in [-0.1, -0.05) is 54.1 Å². The Morgan fingerprint density at radius 3 is 2.59 bits per heavy atom. The number of hydrogen-bond donors (Lipinski definition) is 1. The Morgan fingerprint density at radius 2 is 1.78 bits per heavy atom. The first-order valence-corrected chi connectivity index (χ1v) is 8.69. The summed E-state index contributed by atoms with van der Waals surface area (Å²) in [5, 5.41) is 0.509. The molecular formula is C22H18FN3O. The van der Waals surface area contributed by atoms with Gasteiger partial charge in [-0.05, 0) is 31.2 Å². The molecule has 0 aliphatic heterocycles. The van der Waals surface area contributed by atoms with Crippen LogP contribution in [0.2, 0.25) is 0 Å². The molecule has 0 amide bonds. The maximum absolute atomic E-state index is 14.0. The summed E-state index contributed by atoms with van der Waals surface area (Å²) < 4.78 is 15.4. The molecule has 0 bridgehead atoms. The first-order valence-electron chi connectivity index (χ1n) is 8.69. The molecule has 0 radical (unpaired) electrons. The number of fused-ring (bicyclic) bond motifs is 1. The number of nitrogens with one attached hydrogen (secondary N) is 1. The highest BCUT2D eigenvalue weighted by Crippen LogP contribution is 2.19. The van der Waals surface area contributed by atoms with E-state index < -0.39 is 0 Å². The lowest BCUT2D eigenvalue weighted by atomic mass is 10.1. The summed E-state index contributed by atoms with van der Waals surface area (Å²) in [4.78, 5) is 17.8. The Kier molecular flexibility index (Phi) is 4.42. The second-order valence-electron chi connectivity index (χ2n) is 6.39. The van der Waals surface area contributed by atoms with Gasteiger partial charge in [0.25, 0.3) is 5.56 Å². The smallest absolute Gasteiger partial charge is 0.280 e. The molecule has 4 nitrogen and oxygen atoms in total. The molecule has 1 aromatic heterocycles. The number of para-hydroxylation sites is 1. The average molecular weight is 359 g/mol. The highest BCUT2D eigenvalue weighted by Gasteiger charge is 2.13. The lowest BCUT2D eigenvalue weighted by molar-refractivity contribution is 0.608. The van der Waals surface area contributed by atoms with Crippen LogP contribution in [-0.2, 0) is 6.54 Å². The molecule has 3 aromatic carbocycles. The van der Waals surface area contributed by atoms with E-state index in [9.17, 15) is 9.18 Å². The highest BCUT2D eigenvalue weighted by molar-refractivity contribution is 5.79. The third-order valence-electron chi connectivity index (χ3n) is 4.44. The number of hydrogen-bond acceptors (Lipinski definition) is 3. The number of rotatable bonds is 4. The molecule has 1 heterocycles. The molecule has 134 valence electrons. The molecule has 4 rings (SSSR count). The number of halogens is 1. The zero-order valence-electron chi connectivity index (χ0n) is 14.8. The van der Waals surface area contributed by atoms with Crippen LogP contribution in [0.25, 0.3) is 22.3 Å². The van der Waals surface area contributed by atoms with Gasteiger partial charge in [0.05, 0.1) is 17.4 Å². The van der Waals surface area contributed by atoms with Crippen molar-refractivity contribution in [2.45, 2.75) is 13.5 Å². The van der Waals surface area contributed by atoms with Crippen molar-refractivity contribution in [1.82, 2.24) is 9.66 Å². The van der Waals surface area contributed by atoms with Gasteiger partial charge in [0.15, 0.2) is 5.82 Å². The van der Waals surface area contributed by atoms with Crippen molar-refractivity contribution < 1.29 is 4.39 Å². The molecule has 1 N–H and O–H groups in total. The zero-order chi connectivity index (χ0) is 18.8. The van der Waals surface area contributed by atoms with Gasteiger partial charge in [-0.2, -0.15) is 0 Å². The Morgan fingerprint density at radius 1 is 1.00 bits per heavy atom. The van der Waals surface area contributed by atoms with Crippen LogP contribution in [0.3, 0.4) is 0 Å². The van der Waals surface area contributed by atoms with Crippen molar-refractivity contribution in [3.8, 4) is 11.4 Å². The van der Waals surface area contributed by atoms with Gasteiger partial charge in [0.2, 0.25) is 0 Å². The monoisotopic (exact) mass is 359 g/mol. The fraction of sp³-hybridized carbons (Fsp3) is 0.0909. The summed E-state index contributed by atoms with van der Waals surface area (Å²) in [6.45, 7) is 2.16. The van der Waals surface area contributed by atoms with E-state index in [1.54, 1.807) is 30.3 Å².